The number of hydrogen-bond donors (Lipinski definition) is 2. The molecule has 0 aliphatic heterocycles. The van der Waals surface area contributed by atoms with E-state index >= 15 is 0 Å². The second-order valence-electron chi connectivity index (χ2n) is 4.01. The second-order valence-corrected chi connectivity index (χ2v) is 4.01. The molecule has 1 atom stereocenters. The van der Waals surface area contributed by atoms with Crippen molar-refractivity contribution in [2.24, 2.45) is 0 Å². The molecule has 1 aromatic heterocycles. The van der Waals surface area contributed by atoms with E-state index in [9.17, 15) is 10.1 Å². The first kappa shape index (κ1) is 12.0. The molecule has 18 heavy (non-hydrogen) atoms. The predicted octanol–water partition coefficient (Wildman–Crippen LogP) is 2.19. The zero-order valence-corrected chi connectivity index (χ0v) is 10.0. The van der Waals surface area contributed by atoms with Crippen molar-refractivity contribution < 1.29 is 4.92 Å². The summed E-state index contributed by atoms with van der Waals surface area (Å²) in [5, 5.41) is 20.5. The molecule has 7 heteroatoms. The maximum Gasteiger partial charge on any atom is 0.292 e. The number of nitrogens with zero attached hydrogens (tertiary/aromatic N) is 3. The first-order valence-electron chi connectivity index (χ1n) is 5.45. The summed E-state index contributed by atoms with van der Waals surface area (Å²) < 4.78 is 0. The highest BCUT2D eigenvalue weighted by molar-refractivity contribution is 5.63. The Kier molecular flexibility index (Phi) is 3.22. The van der Waals surface area contributed by atoms with Gasteiger partial charge in [0.2, 0.25) is 0 Å². The third-order valence-corrected chi connectivity index (χ3v) is 2.56. The molecule has 0 saturated heterocycles. The number of aromatic nitrogens is 3. The van der Waals surface area contributed by atoms with Gasteiger partial charge in [-0.1, -0.05) is 6.07 Å². The first-order chi connectivity index (χ1) is 8.58. The van der Waals surface area contributed by atoms with Gasteiger partial charge in [0.15, 0.2) is 0 Å². The Labute approximate surface area is 103 Å². The number of nitro benzene ring substituents is 1. The van der Waals surface area contributed by atoms with Crippen LogP contribution in [0.3, 0.4) is 0 Å². The minimum atomic E-state index is -0.408. The van der Waals surface area contributed by atoms with E-state index in [1.54, 1.807) is 12.1 Å². The fourth-order valence-corrected chi connectivity index (χ4v) is 1.65. The Morgan fingerprint density at radius 3 is 2.89 bits per heavy atom. The van der Waals surface area contributed by atoms with Gasteiger partial charge in [-0.05, 0) is 25.5 Å². The minimum Gasteiger partial charge on any atom is -0.370 e. The van der Waals surface area contributed by atoms with Gasteiger partial charge in [0.05, 0.1) is 11.0 Å². The van der Waals surface area contributed by atoms with E-state index < -0.39 is 4.92 Å². The third-order valence-electron chi connectivity index (χ3n) is 2.56. The lowest BCUT2D eigenvalue weighted by molar-refractivity contribution is -0.384. The van der Waals surface area contributed by atoms with Gasteiger partial charge < -0.3 is 5.32 Å². The van der Waals surface area contributed by atoms with E-state index in [0.717, 1.165) is 5.56 Å². The van der Waals surface area contributed by atoms with Gasteiger partial charge in [-0.2, -0.15) is 5.10 Å². The summed E-state index contributed by atoms with van der Waals surface area (Å²) in [7, 11) is 0. The molecule has 7 nitrogen and oxygen atoms in total. The van der Waals surface area contributed by atoms with Crippen molar-refractivity contribution in [1.29, 1.82) is 0 Å². The molecule has 1 aromatic carbocycles. The molecule has 0 spiro atoms. The molecule has 0 bridgehead atoms. The maximum atomic E-state index is 10.9. The van der Waals surface area contributed by atoms with Crippen LogP contribution in [0.2, 0.25) is 0 Å². The van der Waals surface area contributed by atoms with Gasteiger partial charge >= 0.3 is 0 Å². The number of hydrogen-bond acceptors (Lipinski definition) is 5. The number of nitro groups is 1. The Balaban J connectivity index is 2.28. The van der Waals surface area contributed by atoms with Crippen molar-refractivity contribution in [1.82, 2.24) is 15.2 Å². The van der Waals surface area contributed by atoms with Crippen molar-refractivity contribution in [2.45, 2.75) is 19.9 Å². The Bertz CT molecular complexity index is 553. The van der Waals surface area contributed by atoms with Gasteiger partial charge in [-0.3, -0.25) is 15.2 Å². The first-order valence-corrected chi connectivity index (χ1v) is 5.45. The second kappa shape index (κ2) is 4.82. The zero-order chi connectivity index (χ0) is 13.1. The van der Waals surface area contributed by atoms with Gasteiger partial charge in [0, 0.05) is 6.07 Å². The van der Waals surface area contributed by atoms with Crippen LogP contribution >= 0.6 is 0 Å². The molecule has 0 radical (unpaired) electrons. The number of aromatic amines is 1. The largest absolute Gasteiger partial charge is 0.370 e. The third kappa shape index (κ3) is 2.45. The van der Waals surface area contributed by atoms with E-state index in [1.165, 1.54) is 12.4 Å². The van der Waals surface area contributed by atoms with E-state index in [1.807, 2.05) is 13.8 Å². The standard InChI is InChI=1S/C11H13N5O2/c1-7-3-4-10(16(17)18)9(5-7)14-8(2)11-12-6-13-15-11/h3-6,8,14H,1-2H3,(H,12,13,15). The number of nitrogens with one attached hydrogen (secondary N) is 2. The van der Waals surface area contributed by atoms with Gasteiger partial charge in [0.1, 0.15) is 17.8 Å². The molecule has 1 unspecified atom stereocenters. The molecule has 2 aromatic rings. The summed E-state index contributed by atoms with van der Waals surface area (Å²) in [5.74, 6) is 0.630. The van der Waals surface area contributed by atoms with Gasteiger partial charge in [-0.25, -0.2) is 4.98 Å². The zero-order valence-electron chi connectivity index (χ0n) is 10.0. The van der Waals surface area contributed by atoms with Crippen LogP contribution in [0.1, 0.15) is 24.4 Å². The summed E-state index contributed by atoms with van der Waals surface area (Å²) in [6.07, 6.45) is 1.40. The van der Waals surface area contributed by atoms with Crippen LogP contribution < -0.4 is 5.32 Å². The summed E-state index contributed by atoms with van der Waals surface area (Å²) in [4.78, 5) is 14.5. The van der Waals surface area contributed by atoms with Crippen LogP contribution in [-0.2, 0) is 0 Å². The Morgan fingerprint density at radius 1 is 1.50 bits per heavy atom. The summed E-state index contributed by atoms with van der Waals surface area (Å²) >= 11 is 0. The fourth-order valence-electron chi connectivity index (χ4n) is 1.65. The topological polar surface area (TPSA) is 96.7 Å². The van der Waals surface area contributed by atoms with Crippen LogP contribution in [0.25, 0.3) is 0 Å². The van der Waals surface area contributed by atoms with Crippen molar-refractivity contribution in [3.8, 4) is 0 Å². The lowest BCUT2D eigenvalue weighted by Crippen LogP contribution is -2.10. The van der Waals surface area contributed by atoms with Gasteiger partial charge in [-0.15, -0.1) is 0 Å². The van der Waals surface area contributed by atoms with Crippen LogP contribution in [-0.4, -0.2) is 20.1 Å². The average molecular weight is 247 g/mol. The molecule has 2 N–H and O–H groups in total. The fraction of sp³-hybridized carbons (Fsp3) is 0.273. The molecule has 0 fully saturated rings. The molecule has 0 amide bonds. The molecular formula is C11H13N5O2. The highest BCUT2D eigenvalue weighted by atomic mass is 16.6. The Morgan fingerprint density at radius 2 is 2.28 bits per heavy atom. The lowest BCUT2D eigenvalue weighted by atomic mass is 10.1. The average Bonchev–Trinajstić information content (AvgIpc) is 2.81. The monoisotopic (exact) mass is 247 g/mol. The predicted molar refractivity (Wildman–Crippen MR) is 66.3 cm³/mol. The maximum absolute atomic E-state index is 10.9. The molecule has 2 rings (SSSR count). The smallest absolute Gasteiger partial charge is 0.292 e. The molecule has 0 saturated carbocycles. The quantitative estimate of drug-likeness (QED) is 0.637. The SMILES string of the molecule is Cc1ccc([N+](=O)[O-])c(NC(C)c2ncn[nH]2)c1. The van der Waals surface area contributed by atoms with Crippen LogP contribution in [0.4, 0.5) is 11.4 Å². The summed E-state index contributed by atoms with van der Waals surface area (Å²) in [6.45, 7) is 3.74. The van der Waals surface area contributed by atoms with E-state index in [0.29, 0.717) is 11.5 Å². The summed E-state index contributed by atoms with van der Waals surface area (Å²) in [5.41, 5.74) is 1.48. The van der Waals surface area contributed by atoms with Crippen LogP contribution in [0.15, 0.2) is 24.5 Å². The number of anilines is 1. The highest BCUT2D eigenvalue weighted by Crippen LogP contribution is 2.28. The van der Waals surface area contributed by atoms with E-state index in [4.69, 9.17) is 0 Å². The minimum absolute atomic E-state index is 0.0481. The Hall–Kier alpha value is -2.44. The van der Waals surface area contributed by atoms with Crippen molar-refractivity contribution >= 4 is 11.4 Å². The van der Waals surface area contributed by atoms with Crippen LogP contribution in [0.5, 0.6) is 0 Å². The highest BCUT2D eigenvalue weighted by Gasteiger charge is 2.17. The van der Waals surface area contributed by atoms with Crippen molar-refractivity contribution in [3.63, 3.8) is 0 Å². The van der Waals surface area contributed by atoms with Crippen LogP contribution in [0, 0.1) is 17.0 Å². The number of rotatable bonds is 4. The molecule has 0 aliphatic rings. The molecule has 94 valence electrons. The van der Waals surface area contributed by atoms with E-state index in [2.05, 4.69) is 20.5 Å². The van der Waals surface area contributed by atoms with E-state index in [-0.39, 0.29) is 11.7 Å². The number of H-pyrrole nitrogens is 1. The summed E-state index contributed by atoms with van der Waals surface area (Å²) in [6, 6.07) is 4.76. The number of aryl methyl sites for hydroxylation is 1. The number of benzene rings is 1. The van der Waals surface area contributed by atoms with Gasteiger partial charge in [0.25, 0.3) is 5.69 Å². The van der Waals surface area contributed by atoms with Crippen molar-refractivity contribution in [2.75, 3.05) is 5.32 Å². The normalized spacial score (nSPS) is 12.1. The lowest BCUT2D eigenvalue weighted by Gasteiger charge is -2.13. The van der Waals surface area contributed by atoms with Crippen molar-refractivity contribution in [3.05, 3.63) is 46.0 Å². The molecule has 1 heterocycles. The molecular weight excluding hydrogens is 234 g/mol. The molecule has 0 aliphatic carbocycles.